The molecular formula is C29H28N2O4. The third kappa shape index (κ3) is 3.93. The van der Waals surface area contributed by atoms with Crippen LogP contribution in [0.3, 0.4) is 0 Å². The zero-order valence-electron chi connectivity index (χ0n) is 19.8. The first kappa shape index (κ1) is 21.7. The van der Waals surface area contributed by atoms with E-state index in [0.717, 1.165) is 78.0 Å². The quantitative estimate of drug-likeness (QED) is 0.552. The third-order valence-corrected chi connectivity index (χ3v) is 7.44. The zero-order valence-corrected chi connectivity index (χ0v) is 19.8. The summed E-state index contributed by atoms with van der Waals surface area (Å²) in [7, 11) is 0. The monoisotopic (exact) mass is 468 g/mol. The summed E-state index contributed by atoms with van der Waals surface area (Å²) in [5, 5.41) is 3.14. The molecule has 0 unspecified atom stereocenters. The van der Waals surface area contributed by atoms with Crippen LogP contribution in [0.25, 0.3) is 11.1 Å². The molecular weight excluding hydrogens is 440 g/mol. The number of benzene rings is 3. The van der Waals surface area contributed by atoms with E-state index in [-0.39, 0.29) is 18.6 Å². The van der Waals surface area contributed by atoms with Crippen molar-refractivity contribution in [1.82, 2.24) is 4.90 Å². The van der Waals surface area contributed by atoms with E-state index in [1.54, 1.807) is 0 Å². The van der Waals surface area contributed by atoms with Crippen molar-refractivity contribution in [2.24, 2.45) is 0 Å². The van der Waals surface area contributed by atoms with E-state index in [1.165, 1.54) is 0 Å². The van der Waals surface area contributed by atoms with Crippen molar-refractivity contribution in [2.45, 2.75) is 38.0 Å². The standard InChI is InChI=1S/C29H28N2O4/c1-19-4-10-23(17-24(19)20-5-7-21(8-6-20)27(32)31-14-2-3-15-31)30-28(33)29(12-13-29)22-9-11-25-26(16-22)35-18-34-25/h4-11,16-17H,2-3,12-15,18H2,1H3,(H,30,33). The first-order valence-corrected chi connectivity index (χ1v) is 12.3. The first-order chi connectivity index (χ1) is 17.0. The predicted molar refractivity (Wildman–Crippen MR) is 134 cm³/mol. The van der Waals surface area contributed by atoms with Gasteiger partial charge in [0, 0.05) is 24.3 Å². The number of carbonyl (C=O) groups excluding carboxylic acids is 2. The molecule has 0 aromatic heterocycles. The number of hydrogen-bond donors (Lipinski definition) is 1. The molecule has 0 atom stereocenters. The van der Waals surface area contributed by atoms with Crippen LogP contribution in [0.15, 0.2) is 60.7 Å². The number of likely N-dealkylation sites (tertiary alicyclic amines) is 1. The average molecular weight is 469 g/mol. The molecule has 0 spiro atoms. The molecule has 1 N–H and O–H groups in total. The SMILES string of the molecule is Cc1ccc(NC(=O)C2(c3ccc4c(c3)OCO4)CC2)cc1-c1ccc(C(=O)N2CCCC2)cc1. The topological polar surface area (TPSA) is 67.9 Å². The molecule has 1 saturated heterocycles. The lowest BCUT2D eigenvalue weighted by molar-refractivity contribution is -0.118. The van der Waals surface area contributed by atoms with E-state index in [0.29, 0.717) is 5.75 Å². The smallest absolute Gasteiger partial charge is 0.253 e. The fraction of sp³-hybridized carbons (Fsp3) is 0.310. The Bertz CT molecular complexity index is 1300. The lowest BCUT2D eigenvalue weighted by Gasteiger charge is -2.18. The normalized spacial score (nSPS) is 17.3. The van der Waals surface area contributed by atoms with Gasteiger partial charge in [-0.2, -0.15) is 0 Å². The summed E-state index contributed by atoms with van der Waals surface area (Å²) in [6.07, 6.45) is 3.78. The Hall–Kier alpha value is -3.80. The molecule has 2 amide bonds. The molecule has 1 saturated carbocycles. The summed E-state index contributed by atoms with van der Waals surface area (Å²) in [6.45, 7) is 3.96. The minimum absolute atomic E-state index is 0.00211. The van der Waals surface area contributed by atoms with Gasteiger partial charge in [0.05, 0.1) is 5.41 Å². The van der Waals surface area contributed by atoms with Gasteiger partial charge in [-0.3, -0.25) is 9.59 Å². The number of rotatable bonds is 5. The maximum absolute atomic E-state index is 13.4. The second-order valence-electron chi connectivity index (χ2n) is 9.71. The fourth-order valence-electron chi connectivity index (χ4n) is 5.12. The number of aryl methyl sites for hydroxylation is 1. The first-order valence-electron chi connectivity index (χ1n) is 12.3. The molecule has 1 aliphatic carbocycles. The molecule has 6 rings (SSSR count). The fourth-order valence-corrected chi connectivity index (χ4v) is 5.12. The number of ether oxygens (including phenoxy) is 2. The highest BCUT2D eigenvalue weighted by atomic mass is 16.7. The molecule has 3 aromatic carbocycles. The highest BCUT2D eigenvalue weighted by Gasteiger charge is 2.51. The Morgan fingerprint density at radius 3 is 2.37 bits per heavy atom. The van der Waals surface area contributed by atoms with Crippen LogP contribution in [0, 0.1) is 6.92 Å². The number of amides is 2. The van der Waals surface area contributed by atoms with Crippen molar-refractivity contribution < 1.29 is 19.1 Å². The molecule has 3 aromatic rings. The highest BCUT2D eigenvalue weighted by Crippen LogP contribution is 2.51. The van der Waals surface area contributed by atoms with Crippen LogP contribution in [0.4, 0.5) is 5.69 Å². The second kappa shape index (κ2) is 8.45. The lowest BCUT2D eigenvalue weighted by Crippen LogP contribution is -2.27. The van der Waals surface area contributed by atoms with Crippen molar-refractivity contribution in [1.29, 1.82) is 0 Å². The van der Waals surface area contributed by atoms with Crippen molar-refractivity contribution in [2.75, 3.05) is 25.2 Å². The average Bonchev–Trinajstić information content (AvgIpc) is 3.27. The van der Waals surface area contributed by atoms with Crippen molar-refractivity contribution in [3.8, 4) is 22.6 Å². The van der Waals surface area contributed by atoms with Crippen LogP contribution in [-0.4, -0.2) is 36.6 Å². The minimum atomic E-state index is -0.524. The Balaban J connectivity index is 1.21. The largest absolute Gasteiger partial charge is 0.454 e. The minimum Gasteiger partial charge on any atom is -0.454 e. The molecule has 178 valence electrons. The van der Waals surface area contributed by atoms with Crippen LogP contribution >= 0.6 is 0 Å². The van der Waals surface area contributed by atoms with Gasteiger partial charge >= 0.3 is 0 Å². The van der Waals surface area contributed by atoms with Crippen LogP contribution in [-0.2, 0) is 10.2 Å². The number of anilines is 1. The van der Waals surface area contributed by atoms with Crippen LogP contribution in [0.5, 0.6) is 11.5 Å². The van der Waals surface area contributed by atoms with Crippen molar-refractivity contribution in [3.63, 3.8) is 0 Å². The third-order valence-electron chi connectivity index (χ3n) is 7.44. The van der Waals surface area contributed by atoms with E-state index in [9.17, 15) is 9.59 Å². The van der Waals surface area contributed by atoms with Gasteiger partial charge in [0.2, 0.25) is 12.7 Å². The summed E-state index contributed by atoms with van der Waals surface area (Å²) < 4.78 is 10.9. The molecule has 2 aliphatic heterocycles. The molecule has 6 nitrogen and oxygen atoms in total. The van der Waals surface area contributed by atoms with E-state index >= 15 is 0 Å². The van der Waals surface area contributed by atoms with Gasteiger partial charge in [0.1, 0.15) is 0 Å². The van der Waals surface area contributed by atoms with Crippen LogP contribution < -0.4 is 14.8 Å². The summed E-state index contributed by atoms with van der Waals surface area (Å²) in [5.41, 5.74) is 5.09. The van der Waals surface area contributed by atoms with Gasteiger partial charge in [0.25, 0.3) is 5.91 Å². The maximum atomic E-state index is 13.4. The van der Waals surface area contributed by atoms with Gasteiger partial charge < -0.3 is 19.7 Å². The second-order valence-corrected chi connectivity index (χ2v) is 9.71. The summed E-state index contributed by atoms with van der Waals surface area (Å²) in [4.78, 5) is 28.0. The predicted octanol–water partition coefficient (Wildman–Crippen LogP) is 5.30. The number of fused-ring (bicyclic) bond motifs is 1. The van der Waals surface area contributed by atoms with Crippen molar-refractivity contribution >= 4 is 17.5 Å². The summed E-state index contributed by atoms with van der Waals surface area (Å²) in [6, 6.07) is 19.5. The number of carbonyl (C=O) groups is 2. The van der Waals surface area contributed by atoms with E-state index in [2.05, 4.69) is 12.2 Å². The van der Waals surface area contributed by atoms with Gasteiger partial charge in [-0.25, -0.2) is 0 Å². The van der Waals surface area contributed by atoms with Crippen LogP contribution in [0.1, 0.15) is 47.2 Å². The molecule has 6 heteroatoms. The Morgan fingerprint density at radius 2 is 1.63 bits per heavy atom. The summed E-state index contributed by atoms with van der Waals surface area (Å²) in [5.74, 6) is 1.52. The van der Waals surface area contributed by atoms with Crippen LogP contribution in [0.2, 0.25) is 0 Å². The van der Waals surface area contributed by atoms with Crippen molar-refractivity contribution in [3.05, 3.63) is 77.4 Å². The van der Waals surface area contributed by atoms with Gasteiger partial charge in [0.15, 0.2) is 11.5 Å². The maximum Gasteiger partial charge on any atom is 0.253 e. The number of nitrogens with zero attached hydrogens (tertiary/aromatic N) is 1. The lowest BCUT2D eigenvalue weighted by atomic mass is 9.94. The molecule has 35 heavy (non-hydrogen) atoms. The number of nitrogens with one attached hydrogen (secondary N) is 1. The number of hydrogen-bond acceptors (Lipinski definition) is 4. The van der Waals surface area contributed by atoms with Gasteiger partial charge in [-0.15, -0.1) is 0 Å². The van der Waals surface area contributed by atoms with E-state index in [1.807, 2.05) is 65.6 Å². The highest BCUT2D eigenvalue weighted by molar-refractivity contribution is 6.02. The molecule has 0 radical (unpaired) electrons. The Morgan fingerprint density at radius 1 is 0.886 bits per heavy atom. The molecule has 2 heterocycles. The zero-order chi connectivity index (χ0) is 24.0. The van der Waals surface area contributed by atoms with E-state index < -0.39 is 5.41 Å². The van der Waals surface area contributed by atoms with E-state index in [4.69, 9.17) is 9.47 Å². The Labute approximate surface area is 204 Å². The van der Waals surface area contributed by atoms with Gasteiger partial charge in [-0.1, -0.05) is 24.3 Å². The summed E-state index contributed by atoms with van der Waals surface area (Å²) >= 11 is 0. The molecule has 0 bridgehead atoms. The molecule has 3 aliphatic rings. The Kier molecular flexibility index (Phi) is 5.24. The van der Waals surface area contributed by atoms with Gasteiger partial charge in [-0.05, 0) is 91.3 Å². The molecule has 2 fully saturated rings.